The van der Waals surface area contributed by atoms with Crippen LogP contribution in [0.25, 0.3) is 11.0 Å². The van der Waals surface area contributed by atoms with E-state index < -0.39 is 12.5 Å². The molecular weight excluding hydrogens is 462 g/mol. The largest absolute Gasteiger partial charge is 0.494 e. The fourth-order valence-corrected chi connectivity index (χ4v) is 4.56. The van der Waals surface area contributed by atoms with Crippen LogP contribution in [0.5, 0.6) is 11.6 Å². The lowest BCUT2D eigenvalue weighted by Crippen LogP contribution is -2.51. The molecule has 3 aromatic rings. The second-order valence-corrected chi connectivity index (χ2v) is 8.78. The molecule has 1 N–H and O–H groups in total. The lowest BCUT2D eigenvalue weighted by Gasteiger charge is -2.37. The molecule has 2 atom stereocenters. The number of piperidine rings is 1. The highest BCUT2D eigenvalue weighted by atomic mass is 19.3. The molecule has 0 radical (unpaired) electrons. The molecule has 2 aromatic heterocycles. The van der Waals surface area contributed by atoms with Crippen LogP contribution in [0.15, 0.2) is 18.5 Å². The highest BCUT2D eigenvalue weighted by molar-refractivity contribution is 5.99. The zero-order chi connectivity index (χ0) is 25.4. The molecule has 12 heteroatoms. The summed E-state index contributed by atoms with van der Waals surface area (Å²) in [7, 11) is 4.89. The van der Waals surface area contributed by atoms with Crippen molar-refractivity contribution < 1.29 is 27.8 Å². The van der Waals surface area contributed by atoms with Gasteiger partial charge in [0.25, 0.3) is 11.8 Å². The maximum absolute atomic E-state index is 13.3. The van der Waals surface area contributed by atoms with Crippen LogP contribution >= 0.6 is 0 Å². The zero-order valence-electron chi connectivity index (χ0n) is 20.2. The van der Waals surface area contributed by atoms with Crippen LogP contribution < -0.4 is 14.8 Å². The van der Waals surface area contributed by atoms with Crippen molar-refractivity contribution in [2.24, 2.45) is 20.0 Å². The van der Waals surface area contributed by atoms with Gasteiger partial charge in [-0.1, -0.05) is 6.92 Å². The van der Waals surface area contributed by atoms with Crippen molar-refractivity contribution in [1.82, 2.24) is 29.5 Å². The number of halogens is 2. The minimum atomic E-state index is -3.03. The molecule has 1 fully saturated rings. The van der Waals surface area contributed by atoms with Crippen molar-refractivity contribution in [2.45, 2.75) is 32.9 Å². The first-order chi connectivity index (χ1) is 16.6. The molecule has 0 saturated carbocycles. The van der Waals surface area contributed by atoms with Gasteiger partial charge in [0.1, 0.15) is 17.0 Å². The topological polar surface area (TPSA) is 104 Å². The van der Waals surface area contributed by atoms with E-state index >= 15 is 0 Å². The normalized spacial score (nSPS) is 18.2. The van der Waals surface area contributed by atoms with Gasteiger partial charge in [-0.2, -0.15) is 8.78 Å². The zero-order valence-corrected chi connectivity index (χ0v) is 20.2. The number of fused-ring (bicyclic) bond motifs is 1. The van der Waals surface area contributed by atoms with Crippen molar-refractivity contribution in [2.75, 3.05) is 20.2 Å². The molecule has 10 nitrogen and oxygen atoms in total. The summed E-state index contributed by atoms with van der Waals surface area (Å²) in [6, 6.07) is 3.30. The van der Waals surface area contributed by atoms with E-state index in [1.807, 2.05) is 18.5 Å². The number of nitrogens with one attached hydrogen (secondary N) is 1. The van der Waals surface area contributed by atoms with E-state index in [1.54, 1.807) is 30.5 Å². The highest BCUT2D eigenvalue weighted by Gasteiger charge is 2.32. The van der Waals surface area contributed by atoms with Crippen molar-refractivity contribution >= 4 is 22.8 Å². The van der Waals surface area contributed by atoms with Crippen LogP contribution in [-0.4, -0.2) is 68.9 Å². The van der Waals surface area contributed by atoms with E-state index in [-0.39, 0.29) is 35.0 Å². The van der Waals surface area contributed by atoms with Gasteiger partial charge in [0.15, 0.2) is 0 Å². The number of alkyl halides is 2. The smallest absolute Gasteiger partial charge is 0.388 e. The first-order valence-corrected chi connectivity index (χ1v) is 11.2. The maximum Gasteiger partial charge on any atom is 0.388 e. The molecule has 0 unspecified atom stereocenters. The van der Waals surface area contributed by atoms with Crippen molar-refractivity contribution in [3.05, 3.63) is 35.3 Å². The van der Waals surface area contributed by atoms with Crippen LogP contribution in [0.1, 0.15) is 39.8 Å². The molecule has 4 rings (SSSR count). The lowest BCUT2D eigenvalue weighted by molar-refractivity contribution is -0.0535. The number of carbonyl (C=O) groups excluding carboxylic acids is 2. The fraction of sp³-hybridized carbons (Fsp3) is 0.478. The summed E-state index contributed by atoms with van der Waals surface area (Å²) in [4.78, 5) is 32.3. The standard InChI is InChI=1S/C23H28F2N6O4/c1-12-10-31(22(33)14-8-16-18(17(9-14)34-5)26-11-29(16)3)7-6-15(12)27-20(32)19-13(2)21(28-30(19)4)35-23(24)25/h8-9,11-12,15,23H,6-7,10H2,1-5H3,(H,27,32)/t12-,15+/m0/s1. The summed E-state index contributed by atoms with van der Waals surface area (Å²) < 4.78 is 38.1. The number of amides is 2. The molecule has 2 amide bonds. The monoisotopic (exact) mass is 490 g/mol. The number of methoxy groups -OCH3 is 1. The number of likely N-dealkylation sites (tertiary alicyclic amines) is 1. The van der Waals surface area contributed by atoms with Gasteiger partial charge in [-0.05, 0) is 31.4 Å². The Bertz CT molecular complexity index is 1270. The first kappa shape index (κ1) is 24.4. The number of imidazole rings is 1. The Morgan fingerprint density at radius 3 is 2.66 bits per heavy atom. The fourth-order valence-electron chi connectivity index (χ4n) is 4.56. The minimum Gasteiger partial charge on any atom is -0.494 e. The Hall–Kier alpha value is -3.70. The summed E-state index contributed by atoms with van der Waals surface area (Å²) in [6.45, 7) is 1.33. The average molecular weight is 491 g/mol. The Morgan fingerprint density at radius 1 is 1.26 bits per heavy atom. The summed E-state index contributed by atoms with van der Waals surface area (Å²) in [5.41, 5.74) is 2.39. The summed E-state index contributed by atoms with van der Waals surface area (Å²) in [6.07, 6.45) is 2.21. The second-order valence-electron chi connectivity index (χ2n) is 8.78. The Morgan fingerprint density at radius 2 is 2.00 bits per heavy atom. The predicted octanol–water partition coefficient (Wildman–Crippen LogP) is 2.51. The average Bonchev–Trinajstić information content (AvgIpc) is 3.32. The number of aromatic nitrogens is 4. The molecular formula is C23H28F2N6O4. The van der Waals surface area contributed by atoms with Crippen LogP contribution in [0, 0.1) is 12.8 Å². The van der Waals surface area contributed by atoms with Gasteiger partial charge < -0.3 is 24.3 Å². The van der Waals surface area contributed by atoms with Gasteiger partial charge in [-0.25, -0.2) is 4.98 Å². The van der Waals surface area contributed by atoms with E-state index in [4.69, 9.17) is 4.74 Å². The molecule has 3 heterocycles. The highest BCUT2D eigenvalue weighted by Crippen LogP contribution is 2.28. The molecule has 0 spiro atoms. The SMILES string of the molecule is COc1cc(C(=O)N2CC[C@@H](NC(=O)c3c(C)c(OC(F)F)nn3C)[C@@H](C)C2)cc2c1ncn2C. The van der Waals surface area contributed by atoms with Gasteiger partial charge in [-0.3, -0.25) is 14.3 Å². The quantitative estimate of drug-likeness (QED) is 0.570. The van der Waals surface area contributed by atoms with Crippen LogP contribution in [0.3, 0.4) is 0 Å². The Labute approximate surface area is 200 Å². The van der Waals surface area contributed by atoms with Crippen molar-refractivity contribution in [1.29, 1.82) is 0 Å². The number of ether oxygens (including phenoxy) is 2. The Balaban J connectivity index is 1.45. The number of rotatable bonds is 6. The molecule has 0 bridgehead atoms. The second kappa shape index (κ2) is 9.51. The number of benzene rings is 1. The van der Waals surface area contributed by atoms with E-state index in [0.29, 0.717) is 36.3 Å². The van der Waals surface area contributed by atoms with Gasteiger partial charge in [-0.15, -0.1) is 5.10 Å². The number of carbonyl (C=O) groups is 2. The summed E-state index contributed by atoms with van der Waals surface area (Å²) in [5.74, 6) is -0.335. The molecule has 1 aliphatic rings. The number of hydrogen-bond donors (Lipinski definition) is 1. The maximum atomic E-state index is 13.3. The molecule has 1 aromatic carbocycles. The summed E-state index contributed by atoms with van der Waals surface area (Å²) >= 11 is 0. The third-order valence-corrected chi connectivity index (χ3v) is 6.43. The van der Waals surface area contributed by atoms with Crippen LogP contribution in [0.4, 0.5) is 8.78 Å². The van der Waals surface area contributed by atoms with E-state index in [0.717, 1.165) is 5.52 Å². The van der Waals surface area contributed by atoms with E-state index in [9.17, 15) is 18.4 Å². The number of hydrogen-bond acceptors (Lipinski definition) is 6. The molecule has 188 valence electrons. The third-order valence-electron chi connectivity index (χ3n) is 6.43. The van der Waals surface area contributed by atoms with Crippen molar-refractivity contribution in [3.63, 3.8) is 0 Å². The Kier molecular flexibility index (Phi) is 6.64. The van der Waals surface area contributed by atoms with Gasteiger partial charge in [0.2, 0.25) is 5.88 Å². The first-order valence-electron chi connectivity index (χ1n) is 11.2. The minimum absolute atomic E-state index is 0.0377. The molecule has 1 aliphatic heterocycles. The van der Waals surface area contributed by atoms with Gasteiger partial charge in [0.05, 0.1) is 19.0 Å². The van der Waals surface area contributed by atoms with Gasteiger partial charge in [0, 0.05) is 44.4 Å². The number of aryl methyl sites for hydroxylation is 2. The molecule has 35 heavy (non-hydrogen) atoms. The predicted molar refractivity (Wildman–Crippen MR) is 123 cm³/mol. The van der Waals surface area contributed by atoms with E-state index in [1.165, 1.54) is 18.7 Å². The molecule has 0 aliphatic carbocycles. The van der Waals surface area contributed by atoms with E-state index in [2.05, 4.69) is 20.1 Å². The van der Waals surface area contributed by atoms with Gasteiger partial charge >= 0.3 is 6.61 Å². The third kappa shape index (κ3) is 4.64. The van der Waals surface area contributed by atoms with Crippen molar-refractivity contribution in [3.8, 4) is 11.6 Å². The summed E-state index contributed by atoms with van der Waals surface area (Å²) in [5, 5.41) is 6.84. The lowest BCUT2D eigenvalue weighted by atomic mass is 9.93. The number of nitrogens with zero attached hydrogens (tertiary/aromatic N) is 5. The van der Waals surface area contributed by atoms with Crippen LogP contribution in [-0.2, 0) is 14.1 Å². The molecule has 1 saturated heterocycles. The van der Waals surface area contributed by atoms with Crippen LogP contribution in [0.2, 0.25) is 0 Å².